The molecular formula is C17H24ClNO4. The van der Waals surface area contributed by atoms with Gasteiger partial charge in [-0.05, 0) is 37.2 Å². The molecule has 1 saturated heterocycles. The molecule has 6 heteroatoms. The minimum absolute atomic E-state index is 0.0187. The summed E-state index contributed by atoms with van der Waals surface area (Å²) in [6.07, 6.45) is 4.93. The zero-order valence-electron chi connectivity index (χ0n) is 13.5. The van der Waals surface area contributed by atoms with Crippen LogP contribution in [0.2, 0.25) is 0 Å². The molecular weight excluding hydrogens is 318 g/mol. The van der Waals surface area contributed by atoms with Crippen molar-refractivity contribution >= 4 is 28.9 Å². The van der Waals surface area contributed by atoms with Gasteiger partial charge in [-0.25, -0.2) is 0 Å². The first kappa shape index (κ1) is 18.1. The molecule has 0 N–H and O–H groups in total. The number of rotatable bonds is 6. The summed E-state index contributed by atoms with van der Waals surface area (Å²) in [5, 5.41) is 3.99. The van der Waals surface area contributed by atoms with Gasteiger partial charge in [-0.3, -0.25) is 9.59 Å². The molecule has 0 aromatic rings. The minimum Gasteiger partial charge on any atom is -0.392 e. The van der Waals surface area contributed by atoms with Gasteiger partial charge in [0.1, 0.15) is 24.1 Å². The molecule has 0 unspecified atom stereocenters. The molecule has 0 amide bonds. The summed E-state index contributed by atoms with van der Waals surface area (Å²) in [6.45, 7) is 3.57. The minimum atomic E-state index is -0.726. The molecule has 128 valence electrons. The molecule has 1 saturated carbocycles. The molecule has 0 bridgehead atoms. The van der Waals surface area contributed by atoms with Crippen LogP contribution in [0.5, 0.6) is 0 Å². The van der Waals surface area contributed by atoms with Crippen LogP contribution in [0.4, 0.5) is 0 Å². The van der Waals surface area contributed by atoms with E-state index in [1.807, 2.05) is 6.92 Å². The van der Waals surface area contributed by atoms with Crippen molar-refractivity contribution in [1.29, 1.82) is 0 Å². The maximum Gasteiger partial charge on any atom is 0.149 e. The lowest BCUT2D eigenvalue weighted by Gasteiger charge is -2.34. The maximum absolute atomic E-state index is 12.5. The fourth-order valence-electron chi connectivity index (χ4n) is 3.42. The molecule has 2 fully saturated rings. The summed E-state index contributed by atoms with van der Waals surface area (Å²) < 4.78 is 5.36. The van der Waals surface area contributed by atoms with Gasteiger partial charge in [-0.15, -0.1) is 0 Å². The van der Waals surface area contributed by atoms with Gasteiger partial charge in [0.2, 0.25) is 0 Å². The molecule has 0 radical (unpaired) electrons. The van der Waals surface area contributed by atoms with E-state index in [0.29, 0.717) is 30.9 Å². The number of carbonyl (C=O) groups excluding carboxylic acids is 2. The van der Waals surface area contributed by atoms with Crippen molar-refractivity contribution in [3.63, 3.8) is 0 Å². The van der Waals surface area contributed by atoms with Crippen LogP contribution in [-0.2, 0) is 19.2 Å². The van der Waals surface area contributed by atoms with E-state index in [-0.39, 0.29) is 24.1 Å². The monoisotopic (exact) mass is 341 g/mol. The van der Waals surface area contributed by atoms with Gasteiger partial charge < -0.3 is 9.57 Å². The first-order valence-electron chi connectivity index (χ1n) is 8.24. The Morgan fingerprint density at radius 2 is 1.91 bits per heavy atom. The van der Waals surface area contributed by atoms with Crippen LogP contribution < -0.4 is 0 Å². The fraction of sp³-hybridized carbons (Fsp3) is 0.706. The first-order chi connectivity index (χ1) is 11.2. The van der Waals surface area contributed by atoms with Gasteiger partial charge in [0.15, 0.2) is 0 Å². The number of nitrogens with zero attached hydrogens (tertiary/aromatic N) is 1. The van der Waals surface area contributed by atoms with Gasteiger partial charge in [-0.2, -0.15) is 0 Å². The zero-order chi connectivity index (χ0) is 16.7. The van der Waals surface area contributed by atoms with E-state index >= 15 is 0 Å². The molecule has 23 heavy (non-hydrogen) atoms. The number of ether oxygens (including phenoxy) is 1. The zero-order valence-corrected chi connectivity index (χ0v) is 14.3. The summed E-state index contributed by atoms with van der Waals surface area (Å²) in [5.41, 5.74) is 1.87. The second kappa shape index (κ2) is 9.18. The number of oxime groups is 1. The Balaban J connectivity index is 2.00. The van der Waals surface area contributed by atoms with Crippen molar-refractivity contribution in [1.82, 2.24) is 0 Å². The van der Waals surface area contributed by atoms with E-state index in [2.05, 4.69) is 5.16 Å². The van der Waals surface area contributed by atoms with Crippen molar-refractivity contribution in [2.75, 3.05) is 19.8 Å². The van der Waals surface area contributed by atoms with Gasteiger partial charge >= 0.3 is 0 Å². The van der Waals surface area contributed by atoms with Crippen molar-refractivity contribution < 1.29 is 19.2 Å². The lowest BCUT2D eigenvalue weighted by atomic mass is 9.71. The lowest BCUT2D eigenvalue weighted by molar-refractivity contribution is -0.136. The van der Waals surface area contributed by atoms with Crippen LogP contribution in [0.1, 0.15) is 39.0 Å². The number of Topliss-reactive ketones (excluding diaryl/α,β-unsaturated/α-hetero) is 2. The molecule has 2 aliphatic rings. The van der Waals surface area contributed by atoms with Crippen molar-refractivity contribution in [2.24, 2.45) is 22.9 Å². The average Bonchev–Trinajstić information content (AvgIpc) is 2.57. The maximum atomic E-state index is 12.5. The van der Waals surface area contributed by atoms with E-state index in [4.69, 9.17) is 21.2 Å². The highest BCUT2D eigenvalue weighted by atomic mass is 35.5. The molecule has 0 aromatic carbocycles. The number of hydrogen-bond donors (Lipinski definition) is 0. The Hall–Kier alpha value is -1.20. The number of ketones is 2. The Kier molecular flexibility index (Phi) is 7.24. The number of halogens is 1. The molecule has 1 aliphatic carbocycles. The first-order valence-corrected chi connectivity index (χ1v) is 8.68. The third-order valence-corrected chi connectivity index (χ3v) is 4.82. The standard InChI is InChI=1S/C17H24ClNO4/c1-2-14(19-23-7-3-6-18)17-15(20)10-13(11-16(17)21)12-4-8-22-9-5-12/h3,6,12-13,17H,2,4-5,7-11H2,1H3/b6-3+,19-14?. The molecule has 2 rings (SSSR count). The lowest BCUT2D eigenvalue weighted by Crippen LogP contribution is -2.41. The topological polar surface area (TPSA) is 65.0 Å². The predicted octanol–water partition coefficient (Wildman–Crippen LogP) is 3.11. The average molecular weight is 342 g/mol. The van der Waals surface area contributed by atoms with Crippen LogP contribution in [0.25, 0.3) is 0 Å². The van der Waals surface area contributed by atoms with E-state index in [1.54, 1.807) is 6.08 Å². The van der Waals surface area contributed by atoms with Crippen molar-refractivity contribution in [3.05, 3.63) is 11.6 Å². The third-order valence-electron chi connectivity index (χ3n) is 4.64. The highest BCUT2D eigenvalue weighted by Crippen LogP contribution is 2.35. The fourth-order valence-corrected chi connectivity index (χ4v) is 3.49. The van der Waals surface area contributed by atoms with Crippen LogP contribution in [-0.4, -0.2) is 37.1 Å². The van der Waals surface area contributed by atoms with Gasteiger partial charge in [0, 0.05) is 31.6 Å². The summed E-state index contributed by atoms with van der Waals surface area (Å²) in [7, 11) is 0. The predicted molar refractivity (Wildman–Crippen MR) is 88.4 cm³/mol. The second-order valence-corrected chi connectivity index (χ2v) is 6.33. The summed E-state index contributed by atoms with van der Waals surface area (Å²) in [6, 6.07) is 0. The van der Waals surface area contributed by atoms with Crippen LogP contribution in [0, 0.1) is 17.8 Å². The molecule has 1 heterocycles. The van der Waals surface area contributed by atoms with E-state index < -0.39 is 5.92 Å². The van der Waals surface area contributed by atoms with Crippen LogP contribution in [0.15, 0.2) is 16.8 Å². The molecule has 0 aromatic heterocycles. The summed E-state index contributed by atoms with van der Waals surface area (Å²) in [4.78, 5) is 30.2. The van der Waals surface area contributed by atoms with Crippen molar-refractivity contribution in [2.45, 2.75) is 39.0 Å². The number of hydrogen-bond acceptors (Lipinski definition) is 5. The quantitative estimate of drug-likeness (QED) is 0.322. The second-order valence-electron chi connectivity index (χ2n) is 6.08. The Morgan fingerprint density at radius 3 is 2.48 bits per heavy atom. The van der Waals surface area contributed by atoms with Gasteiger partial charge in [0.05, 0.1) is 5.71 Å². The smallest absolute Gasteiger partial charge is 0.149 e. The highest BCUT2D eigenvalue weighted by molar-refractivity contribution is 6.25. The summed E-state index contributed by atoms with van der Waals surface area (Å²) >= 11 is 5.41. The Morgan fingerprint density at radius 1 is 1.26 bits per heavy atom. The molecule has 5 nitrogen and oxygen atoms in total. The highest BCUT2D eigenvalue weighted by Gasteiger charge is 2.41. The molecule has 0 atom stereocenters. The molecule has 0 spiro atoms. The van der Waals surface area contributed by atoms with Gasteiger partial charge in [0.25, 0.3) is 0 Å². The SMILES string of the molecule is CCC(=NOC/C=C/Cl)C1C(=O)CC(C2CCOCC2)CC1=O. The largest absolute Gasteiger partial charge is 0.392 e. The van der Waals surface area contributed by atoms with E-state index in [1.165, 1.54) is 5.54 Å². The summed E-state index contributed by atoms with van der Waals surface area (Å²) in [5.74, 6) is -0.182. The van der Waals surface area contributed by atoms with Crippen molar-refractivity contribution in [3.8, 4) is 0 Å². The third kappa shape index (κ3) is 4.88. The number of carbonyl (C=O) groups is 2. The van der Waals surface area contributed by atoms with Crippen LogP contribution in [0.3, 0.4) is 0 Å². The van der Waals surface area contributed by atoms with Crippen LogP contribution >= 0.6 is 11.6 Å². The normalized spacial score (nSPS) is 27.7. The van der Waals surface area contributed by atoms with E-state index in [0.717, 1.165) is 26.1 Å². The van der Waals surface area contributed by atoms with E-state index in [9.17, 15) is 9.59 Å². The molecule has 1 aliphatic heterocycles. The Bertz CT molecular complexity index is 465. The Labute approximate surface area is 142 Å². The van der Waals surface area contributed by atoms with Gasteiger partial charge in [-0.1, -0.05) is 23.7 Å².